The van der Waals surface area contributed by atoms with Gasteiger partial charge in [-0.15, -0.1) is 0 Å². The summed E-state index contributed by atoms with van der Waals surface area (Å²) in [6.07, 6.45) is 0. The van der Waals surface area contributed by atoms with Crippen LogP contribution in [0.25, 0.3) is 22.4 Å². The van der Waals surface area contributed by atoms with Gasteiger partial charge in [0.1, 0.15) is 11.3 Å². The maximum atomic E-state index is 6.18. The van der Waals surface area contributed by atoms with Crippen LogP contribution >= 0.6 is 34.8 Å². The number of nitrogens with zero attached hydrogens (tertiary/aromatic N) is 1. The SMILES string of the molecule is Nc1cc(Cl)cc2[nH]c(-c3cccc(Cl)c3Cl)nc12. The molecule has 1 heterocycles. The van der Waals surface area contributed by atoms with Crippen LogP contribution in [0.4, 0.5) is 5.69 Å². The Morgan fingerprint density at radius 3 is 2.68 bits per heavy atom. The first-order valence-corrected chi connectivity index (χ1v) is 6.59. The molecule has 0 saturated carbocycles. The van der Waals surface area contributed by atoms with Gasteiger partial charge in [0.2, 0.25) is 0 Å². The Morgan fingerprint density at radius 1 is 1.11 bits per heavy atom. The highest BCUT2D eigenvalue weighted by molar-refractivity contribution is 6.43. The number of aromatic nitrogens is 2. The number of hydrogen-bond acceptors (Lipinski definition) is 2. The van der Waals surface area contributed by atoms with E-state index in [0.29, 0.717) is 32.1 Å². The quantitative estimate of drug-likeness (QED) is 0.636. The molecule has 96 valence electrons. The summed E-state index contributed by atoms with van der Waals surface area (Å²) in [7, 11) is 0. The van der Waals surface area contributed by atoms with E-state index in [4.69, 9.17) is 40.5 Å². The van der Waals surface area contributed by atoms with Gasteiger partial charge in [-0.05, 0) is 24.3 Å². The zero-order chi connectivity index (χ0) is 13.6. The third kappa shape index (κ3) is 2.14. The number of fused-ring (bicyclic) bond motifs is 1. The fourth-order valence-electron chi connectivity index (χ4n) is 1.92. The Labute approximate surface area is 124 Å². The topological polar surface area (TPSA) is 54.7 Å². The monoisotopic (exact) mass is 311 g/mol. The second kappa shape index (κ2) is 4.60. The molecule has 0 saturated heterocycles. The fraction of sp³-hybridized carbons (Fsp3) is 0. The molecular formula is C13H8Cl3N3. The Bertz CT molecular complexity index is 780. The standard InChI is InChI=1S/C13H8Cl3N3/c14-6-4-9(17)12-10(5-6)18-13(19-12)7-2-1-3-8(15)11(7)16/h1-5H,17H2,(H,18,19). The van der Waals surface area contributed by atoms with Gasteiger partial charge in [0.05, 0.1) is 21.2 Å². The van der Waals surface area contributed by atoms with Gasteiger partial charge in [-0.3, -0.25) is 0 Å². The van der Waals surface area contributed by atoms with Crippen molar-refractivity contribution in [1.29, 1.82) is 0 Å². The van der Waals surface area contributed by atoms with Gasteiger partial charge in [0.25, 0.3) is 0 Å². The Kier molecular flexibility index (Phi) is 3.05. The van der Waals surface area contributed by atoms with Crippen LogP contribution in [0.3, 0.4) is 0 Å². The molecule has 0 aliphatic rings. The Balaban J connectivity index is 2.26. The van der Waals surface area contributed by atoms with Crippen LogP contribution in [-0.4, -0.2) is 9.97 Å². The first-order valence-electron chi connectivity index (χ1n) is 5.45. The van der Waals surface area contributed by atoms with Crippen LogP contribution in [-0.2, 0) is 0 Å². The van der Waals surface area contributed by atoms with Crippen molar-refractivity contribution in [1.82, 2.24) is 9.97 Å². The highest BCUT2D eigenvalue weighted by atomic mass is 35.5. The zero-order valence-electron chi connectivity index (χ0n) is 9.55. The van der Waals surface area contributed by atoms with Crippen molar-refractivity contribution < 1.29 is 0 Å². The summed E-state index contributed by atoms with van der Waals surface area (Å²) in [5, 5.41) is 1.48. The number of nitrogens with one attached hydrogen (secondary N) is 1. The molecule has 0 amide bonds. The number of aromatic amines is 1. The van der Waals surface area contributed by atoms with Crippen LogP contribution in [0, 0.1) is 0 Å². The normalized spacial score (nSPS) is 11.1. The number of H-pyrrole nitrogens is 1. The molecule has 0 radical (unpaired) electrons. The maximum absolute atomic E-state index is 6.18. The molecule has 0 fully saturated rings. The third-order valence-electron chi connectivity index (χ3n) is 2.79. The summed E-state index contributed by atoms with van der Waals surface area (Å²) in [4.78, 5) is 7.59. The molecule has 3 N–H and O–H groups in total. The van der Waals surface area contributed by atoms with E-state index < -0.39 is 0 Å². The zero-order valence-corrected chi connectivity index (χ0v) is 11.8. The largest absolute Gasteiger partial charge is 0.397 e. The van der Waals surface area contributed by atoms with E-state index in [-0.39, 0.29) is 0 Å². The van der Waals surface area contributed by atoms with Gasteiger partial charge in [-0.25, -0.2) is 4.98 Å². The predicted molar refractivity (Wildman–Crippen MR) is 81.0 cm³/mol. The van der Waals surface area contributed by atoms with Crippen molar-refractivity contribution in [2.24, 2.45) is 0 Å². The third-order valence-corrected chi connectivity index (χ3v) is 3.82. The number of halogens is 3. The molecule has 3 aromatic rings. The molecule has 3 nitrogen and oxygen atoms in total. The minimum absolute atomic E-state index is 0.452. The molecule has 2 aromatic carbocycles. The Hall–Kier alpha value is -1.42. The van der Waals surface area contributed by atoms with E-state index in [2.05, 4.69) is 9.97 Å². The van der Waals surface area contributed by atoms with Crippen molar-refractivity contribution in [3.8, 4) is 11.4 Å². The minimum atomic E-state index is 0.452. The van der Waals surface area contributed by atoms with Crippen molar-refractivity contribution >= 4 is 51.5 Å². The predicted octanol–water partition coefficient (Wildman–Crippen LogP) is 4.77. The highest BCUT2D eigenvalue weighted by Gasteiger charge is 2.12. The van der Waals surface area contributed by atoms with Crippen molar-refractivity contribution in [2.45, 2.75) is 0 Å². The first-order chi connectivity index (χ1) is 9.06. The second-order valence-corrected chi connectivity index (χ2v) is 5.30. The van der Waals surface area contributed by atoms with E-state index in [1.165, 1.54) is 0 Å². The lowest BCUT2D eigenvalue weighted by molar-refractivity contribution is 1.34. The number of nitrogens with two attached hydrogens (primary N) is 1. The van der Waals surface area contributed by atoms with Crippen LogP contribution in [0.1, 0.15) is 0 Å². The number of imidazole rings is 1. The number of benzene rings is 2. The maximum Gasteiger partial charge on any atom is 0.140 e. The summed E-state index contributed by atoms with van der Waals surface area (Å²) in [6.45, 7) is 0. The van der Waals surface area contributed by atoms with E-state index in [1.54, 1.807) is 18.2 Å². The van der Waals surface area contributed by atoms with Gasteiger partial charge < -0.3 is 10.7 Å². The van der Waals surface area contributed by atoms with Gasteiger partial charge in [0.15, 0.2) is 0 Å². The minimum Gasteiger partial charge on any atom is -0.397 e. The Morgan fingerprint density at radius 2 is 1.89 bits per heavy atom. The molecule has 3 rings (SSSR count). The molecule has 0 unspecified atom stereocenters. The van der Waals surface area contributed by atoms with Crippen LogP contribution in [0.2, 0.25) is 15.1 Å². The number of hydrogen-bond donors (Lipinski definition) is 2. The van der Waals surface area contributed by atoms with Crippen molar-refractivity contribution in [2.75, 3.05) is 5.73 Å². The average Bonchev–Trinajstić information content (AvgIpc) is 2.76. The van der Waals surface area contributed by atoms with E-state index >= 15 is 0 Å². The molecule has 19 heavy (non-hydrogen) atoms. The van der Waals surface area contributed by atoms with Gasteiger partial charge in [-0.1, -0.05) is 40.9 Å². The molecular weight excluding hydrogens is 305 g/mol. The first kappa shape index (κ1) is 12.6. The molecule has 1 aromatic heterocycles. The van der Waals surface area contributed by atoms with E-state index in [9.17, 15) is 0 Å². The van der Waals surface area contributed by atoms with Crippen LogP contribution in [0.15, 0.2) is 30.3 Å². The molecule has 0 spiro atoms. The summed E-state index contributed by atoms with van der Waals surface area (Å²) >= 11 is 18.1. The van der Waals surface area contributed by atoms with E-state index in [0.717, 1.165) is 11.1 Å². The lowest BCUT2D eigenvalue weighted by Gasteiger charge is -2.01. The molecule has 0 aliphatic heterocycles. The second-order valence-electron chi connectivity index (χ2n) is 4.08. The number of nitrogen functional groups attached to an aromatic ring is 1. The van der Waals surface area contributed by atoms with Gasteiger partial charge in [-0.2, -0.15) is 0 Å². The smallest absolute Gasteiger partial charge is 0.140 e. The summed E-state index contributed by atoms with van der Waals surface area (Å²) in [5.74, 6) is 0.608. The van der Waals surface area contributed by atoms with E-state index in [1.807, 2.05) is 12.1 Å². The number of anilines is 1. The summed E-state index contributed by atoms with van der Waals surface area (Å²) in [6, 6.07) is 8.80. The summed E-state index contributed by atoms with van der Waals surface area (Å²) < 4.78 is 0. The lowest BCUT2D eigenvalue weighted by Crippen LogP contribution is -1.86. The molecule has 0 bridgehead atoms. The highest BCUT2D eigenvalue weighted by Crippen LogP contribution is 2.34. The fourth-order valence-corrected chi connectivity index (χ4v) is 2.54. The van der Waals surface area contributed by atoms with Crippen molar-refractivity contribution in [3.05, 3.63) is 45.4 Å². The average molecular weight is 313 g/mol. The molecule has 0 atom stereocenters. The summed E-state index contributed by atoms with van der Waals surface area (Å²) in [5.41, 5.74) is 8.55. The lowest BCUT2D eigenvalue weighted by atomic mass is 10.2. The molecule has 0 aliphatic carbocycles. The molecule has 6 heteroatoms. The van der Waals surface area contributed by atoms with Gasteiger partial charge >= 0.3 is 0 Å². The van der Waals surface area contributed by atoms with Crippen LogP contribution in [0.5, 0.6) is 0 Å². The van der Waals surface area contributed by atoms with Gasteiger partial charge in [0, 0.05) is 10.6 Å². The number of rotatable bonds is 1. The van der Waals surface area contributed by atoms with Crippen LogP contribution < -0.4 is 5.73 Å². The van der Waals surface area contributed by atoms with Crippen molar-refractivity contribution in [3.63, 3.8) is 0 Å².